The van der Waals surface area contributed by atoms with Gasteiger partial charge in [-0.15, -0.1) is 0 Å². The highest BCUT2D eigenvalue weighted by atomic mass is 16.4. The Morgan fingerprint density at radius 1 is 1.53 bits per heavy atom. The predicted octanol–water partition coefficient (Wildman–Crippen LogP) is -0.479. The lowest BCUT2D eigenvalue weighted by Crippen LogP contribution is -2.46. The molecule has 7 nitrogen and oxygen atoms in total. The molecular formula is C12H18N4O3. The van der Waals surface area contributed by atoms with Gasteiger partial charge in [0.15, 0.2) is 0 Å². The van der Waals surface area contributed by atoms with Crippen LogP contribution in [-0.2, 0) is 16.0 Å². The summed E-state index contributed by atoms with van der Waals surface area (Å²) in [4.78, 5) is 29.3. The van der Waals surface area contributed by atoms with E-state index >= 15 is 0 Å². The third-order valence-electron chi connectivity index (χ3n) is 3.03. The first kappa shape index (κ1) is 13.5. The number of aromatic nitrogens is 2. The number of carboxylic acid groups (broad SMARTS) is 1. The van der Waals surface area contributed by atoms with E-state index in [0.717, 1.165) is 6.54 Å². The minimum absolute atomic E-state index is 0.156. The zero-order chi connectivity index (χ0) is 13.7. The van der Waals surface area contributed by atoms with Crippen LogP contribution in [0.5, 0.6) is 0 Å². The number of amides is 1. The third kappa shape index (κ3) is 4.70. The van der Waals surface area contributed by atoms with E-state index in [-0.39, 0.29) is 18.9 Å². The van der Waals surface area contributed by atoms with E-state index in [4.69, 9.17) is 5.11 Å². The second-order valence-corrected chi connectivity index (χ2v) is 4.81. The Hall–Kier alpha value is -1.89. The lowest BCUT2D eigenvalue weighted by Gasteiger charge is -2.13. The minimum atomic E-state index is -1.05. The van der Waals surface area contributed by atoms with E-state index in [2.05, 4.69) is 20.6 Å². The van der Waals surface area contributed by atoms with Crippen molar-refractivity contribution in [3.63, 3.8) is 0 Å². The summed E-state index contributed by atoms with van der Waals surface area (Å²) in [7, 11) is 0. The Morgan fingerprint density at radius 2 is 2.32 bits per heavy atom. The van der Waals surface area contributed by atoms with Gasteiger partial charge in [-0.1, -0.05) is 0 Å². The maximum Gasteiger partial charge on any atom is 0.326 e. The number of carbonyl (C=O) groups excluding carboxylic acids is 1. The smallest absolute Gasteiger partial charge is 0.326 e. The lowest BCUT2D eigenvalue weighted by atomic mass is 10.1. The lowest BCUT2D eigenvalue weighted by molar-refractivity contribution is -0.141. The first-order chi connectivity index (χ1) is 9.15. The van der Waals surface area contributed by atoms with Gasteiger partial charge in [-0.2, -0.15) is 0 Å². The molecule has 2 rings (SSSR count). The van der Waals surface area contributed by atoms with Crippen molar-refractivity contribution in [3.8, 4) is 0 Å². The molecule has 0 aliphatic heterocycles. The highest BCUT2D eigenvalue weighted by Gasteiger charge is 2.23. The van der Waals surface area contributed by atoms with Gasteiger partial charge in [0.05, 0.1) is 12.9 Å². The molecule has 0 bridgehead atoms. The van der Waals surface area contributed by atoms with E-state index in [1.807, 2.05) is 0 Å². The van der Waals surface area contributed by atoms with Crippen LogP contribution in [0.15, 0.2) is 12.5 Å². The van der Waals surface area contributed by atoms with Gasteiger partial charge in [0.25, 0.3) is 0 Å². The molecule has 0 unspecified atom stereocenters. The molecule has 1 aliphatic carbocycles. The number of H-pyrrole nitrogens is 1. The molecule has 1 atom stereocenters. The van der Waals surface area contributed by atoms with E-state index in [1.165, 1.54) is 19.2 Å². The topological polar surface area (TPSA) is 107 Å². The first-order valence-corrected chi connectivity index (χ1v) is 6.35. The summed E-state index contributed by atoms with van der Waals surface area (Å²) >= 11 is 0. The van der Waals surface area contributed by atoms with Crippen molar-refractivity contribution in [2.45, 2.75) is 25.3 Å². The van der Waals surface area contributed by atoms with Crippen LogP contribution in [0.2, 0.25) is 0 Å². The van der Waals surface area contributed by atoms with Crippen LogP contribution >= 0.6 is 0 Å². The van der Waals surface area contributed by atoms with Crippen molar-refractivity contribution in [1.82, 2.24) is 20.6 Å². The van der Waals surface area contributed by atoms with Gasteiger partial charge in [-0.25, -0.2) is 9.78 Å². The number of rotatable bonds is 8. The molecule has 104 valence electrons. The zero-order valence-electron chi connectivity index (χ0n) is 10.6. The fraction of sp³-hybridized carbons (Fsp3) is 0.583. The van der Waals surface area contributed by atoms with Crippen LogP contribution in [-0.4, -0.2) is 46.1 Å². The second kappa shape index (κ2) is 6.33. The molecule has 1 amide bonds. The number of imidazole rings is 1. The average molecular weight is 266 g/mol. The fourth-order valence-corrected chi connectivity index (χ4v) is 1.77. The molecule has 0 saturated heterocycles. The molecule has 1 aliphatic rings. The maximum absolute atomic E-state index is 11.6. The Balaban J connectivity index is 1.74. The van der Waals surface area contributed by atoms with Crippen molar-refractivity contribution >= 4 is 11.9 Å². The molecule has 0 spiro atoms. The summed E-state index contributed by atoms with van der Waals surface area (Å²) in [6, 6.07) is -0.935. The Labute approximate surface area is 110 Å². The Kier molecular flexibility index (Phi) is 4.51. The molecule has 1 fully saturated rings. The Bertz CT molecular complexity index is 428. The number of carbonyl (C=O) groups is 2. The van der Waals surface area contributed by atoms with Gasteiger partial charge in [0.1, 0.15) is 6.04 Å². The standard InChI is InChI=1S/C12H18N4O3/c17-11(6-13-4-8-1-2-8)16-10(12(18)19)3-9-5-14-7-15-9/h5,7-8,10,13H,1-4,6H2,(H,14,15)(H,16,17)(H,18,19)/t10-/m0/s1. The predicted molar refractivity (Wildman–Crippen MR) is 67.5 cm³/mol. The molecule has 1 aromatic rings. The van der Waals surface area contributed by atoms with Crippen molar-refractivity contribution in [1.29, 1.82) is 0 Å². The van der Waals surface area contributed by atoms with Gasteiger partial charge in [-0.3, -0.25) is 4.79 Å². The van der Waals surface area contributed by atoms with Crippen LogP contribution in [0.25, 0.3) is 0 Å². The maximum atomic E-state index is 11.6. The van der Waals surface area contributed by atoms with Crippen LogP contribution in [0, 0.1) is 5.92 Å². The summed E-state index contributed by atoms with van der Waals surface area (Å²) in [5, 5.41) is 14.6. The third-order valence-corrected chi connectivity index (χ3v) is 3.03. The molecule has 19 heavy (non-hydrogen) atoms. The monoisotopic (exact) mass is 266 g/mol. The van der Waals surface area contributed by atoms with Gasteiger partial charge in [-0.05, 0) is 25.3 Å². The van der Waals surface area contributed by atoms with Gasteiger partial charge < -0.3 is 20.7 Å². The number of aromatic amines is 1. The first-order valence-electron chi connectivity index (χ1n) is 6.35. The van der Waals surface area contributed by atoms with Crippen LogP contribution < -0.4 is 10.6 Å². The van der Waals surface area contributed by atoms with E-state index in [1.54, 1.807) is 6.20 Å². The molecule has 4 N–H and O–H groups in total. The highest BCUT2D eigenvalue weighted by Crippen LogP contribution is 2.27. The molecule has 1 saturated carbocycles. The highest BCUT2D eigenvalue weighted by molar-refractivity contribution is 5.84. The van der Waals surface area contributed by atoms with Crippen molar-refractivity contribution in [3.05, 3.63) is 18.2 Å². The molecule has 1 heterocycles. The number of carboxylic acids is 1. The molecular weight excluding hydrogens is 248 g/mol. The van der Waals surface area contributed by atoms with Crippen LogP contribution in [0.3, 0.4) is 0 Å². The quantitative estimate of drug-likeness (QED) is 0.508. The van der Waals surface area contributed by atoms with Crippen LogP contribution in [0.4, 0.5) is 0 Å². The number of hydrogen-bond donors (Lipinski definition) is 4. The number of nitrogens with zero attached hydrogens (tertiary/aromatic N) is 1. The summed E-state index contributed by atoms with van der Waals surface area (Å²) < 4.78 is 0. The molecule has 0 aromatic carbocycles. The summed E-state index contributed by atoms with van der Waals surface area (Å²) in [6.07, 6.45) is 5.66. The fourth-order valence-electron chi connectivity index (χ4n) is 1.77. The molecule has 7 heteroatoms. The summed E-state index contributed by atoms with van der Waals surface area (Å²) in [6.45, 7) is 0.981. The number of hydrogen-bond acceptors (Lipinski definition) is 4. The minimum Gasteiger partial charge on any atom is -0.480 e. The van der Waals surface area contributed by atoms with E-state index in [9.17, 15) is 9.59 Å². The SMILES string of the molecule is O=C(CNCC1CC1)N[C@@H](Cc1cnc[nH]1)C(=O)O. The van der Waals surface area contributed by atoms with E-state index in [0.29, 0.717) is 11.6 Å². The van der Waals surface area contributed by atoms with Gasteiger partial charge >= 0.3 is 5.97 Å². The van der Waals surface area contributed by atoms with E-state index < -0.39 is 12.0 Å². The summed E-state index contributed by atoms with van der Waals surface area (Å²) in [5.41, 5.74) is 0.679. The zero-order valence-corrected chi connectivity index (χ0v) is 10.6. The van der Waals surface area contributed by atoms with Gasteiger partial charge in [0, 0.05) is 18.3 Å². The van der Waals surface area contributed by atoms with Crippen LogP contribution in [0.1, 0.15) is 18.5 Å². The second-order valence-electron chi connectivity index (χ2n) is 4.81. The largest absolute Gasteiger partial charge is 0.480 e. The van der Waals surface area contributed by atoms with Crippen molar-refractivity contribution < 1.29 is 14.7 Å². The Morgan fingerprint density at radius 3 is 2.89 bits per heavy atom. The molecule has 0 radical (unpaired) electrons. The molecule has 1 aromatic heterocycles. The van der Waals surface area contributed by atoms with Crippen molar-refractivity contribution in [2.75, 3.05) is 13.1 Å². The number of aliphatic carboxylic acids is 1. The van der Waals surface area contributed by atoms with Crippen molar-refractivity contribution in [2.24, 2.45) is 5.92 Å². The van der Waals surface area contributed by atoms with Gasteiger partial charge in [0.2, 0.25) is 5.91 Å². The normalized spacial score (nSPS) is 16.0. The average Bonchev–Trinajstić information content (AvgIpc) is 3.03. The number of nitrogens with one attached hydrogen (secondary N) is 3. The summed E-state index contributed by atoms with van der Waals surface area (Å²) in [5.74, 6) is -0.661.